The monoisotopic (exact) mass is 324 g/mol. The molecule has 0 saturated carbocycles. The molecule has 3 N–H and O–H groups in total. The van der Waals surface area contributed by atoms with Crippen LogP contribution in [0.1, 0.15) is 12.5 Å². The summed E-state index contributed by atoms with van der Waals surface area (Å²) >= 11 is 4.93. The number of hydrazone groups is 1. The smallest absolute Gasteiger partial charge is 0.315 e. The van der Waals surface area contributed by atoms with Gasteiger partial charge in [0.2, 0.25) is 5.75 Å². The quantitative estimate of drug-likeness (QED) is 0.230. The third kappa shape index (κ3) is 5.02. The standard InChI is InChI=1S/C13H16N4O4S/c1-3-5-14-13(22)16-15-8-9-6-10(17(19)20)12(18)11(7-9)21-4-2/h3,6-8,18H,1,4-5H2,2H3,(H2,14,16,22)/b15-8+. The number of nitro benzene ring substituents is 1. The van der Waals surface area contributed by atoms with Gasteiger partial charge >= 0.3 is 5.69 Å². The van der Waals surface area contributed by atoms with Gasteiger partial charge in [-0.2, -0.15) is 5.10 Å². The number of nitrogens with one attached hydrogen (secondary N) is 2. The summed E-state index contributed by atoms with van der Waals surface area (Å²) in [6, 6.07) is 2.63. The summed E-state index contributed by atoms with van der Waals surface area (Å²) in [5.41, 5.74) is 2.47. The number of phenols is 1. The number of nitro groups is 1. The largest absolute Gasteiger partial charge is 0.500 e. The first kappa shape index (κ1) is 17.4. The molecule has 0 atom stereocenters. The van der Waals surface area contributed by atoms with Gasteiger partial charge in [0.25, 0.3) is 0 Å². The van der Waals surface area contributed by atoms with Crippen LogP contribution in [0.2, 0.25) is 0 Å². The Morgan fingerprint density at radius 3 is 2.95 bits per heavy atom. The van der Waals surface area contributed by atoms with Gasteiger partial charge in [-0.3, -0.25) is 15.5 Å². The van der Waals surface area contributed by atoms with Crippen molar-refractivity contribution < 1.29 is 14.8 Å². The van der Waals surface area contributed by atoms with Crippen LogP contribution >= 0.6 is 12.2 Å². The molecule has 0 bridgehead atoms. The molecule has 0 fully saturated rings. The fourth-order valence-corrected chi connectivity index (χ4v) is 1.60. The first-order chi connectivity index (χ1) is 10.5. The molecule has 0 amide bonds. The van der Waals surface area contributed by atoms with Crippen LogP contribution in [0, 0.1) is 10.1 Å². The Morgan fingerprint density at radius 1 is 1.64 bits per heavy atom. The zero-order valence-corrected chi connectivity index (χ0v) is 12.7. The van der Waals surface area contributed by atoms with Gasteiger partial charge < -0.3 is 15.2 Å². The molecule has 0 aromatic heterocycles. The van der Waals surface area contributed by atoms with E-state index in [0.29, 0.717) is 12.1 Å². The van der Waals surface area contributed by atoms with Crippen molar-refractivity contribution in [3.8, 4) is 11.5 Å². The lowest BCUT2D eigenvalue weighted by Gasteiger charge is -2.07. The molecule has 0 spiro atoms. The van der Waals surface area contributed by atoms with E-state index in [-0.39, 0.29) is 17.5 Å². The van der Waals surface area contributed by atoms with Crippen molar-refractivity contribution in [3.05, 3.63) is 40.5 Å². The minimum absolute atomic E-state index is 0.0190. The molecule has 0 radical (unpaired) electrons. The number of phenolic OH excluding ortho intramolecular Hbond substituents is 1. The molecule has 118 valence electrons. The Kier molecular flexibility index (Phi) is 6.77. The predicted molar refractivity (Wildman–Crippen MR) is 87.5 cm³/mol. The van der Waals surface area contributed by atoms with Gasteiger partial charge in [-0.25, -0.2) is 0 Å². The third-order valence-corrected chi connectivity index (χ3v) is 2.60. The van der Waals surface area contributed by atoms with E-state index in [9.17, 15) is 15.2 Å². The molecule has 1 aromatic carbocycles. The second-order valence-corrected chi connectivity index (χ2v) is 4.35. The Labute approximate surface area is 132 Å². The van der Waals surface area contributed by atoms with E-state index in [1.807, 2.05) is 0 Å². The van der Waals surface area contributed by atoms with Crippen LogP contribution < -0.4 is 15.5 Å². The summed E-state index contributed by atoms with van der Waals surface area (Å²) in [5.74, 6) is -0.495. The van der Waals surface area contributed by atoms with E-state index in [1.54, 1.807) is 13.0 Å². The summed E-state index contributed by atoms with van der Waals surface area (Å²) in [4.78, 5) is 10.2. The highest BCUT2D eigenvalue weighted by Crippen LogP contribution is 2.36. The van der Waals surface area contributed by atoms with Crippen molar-refractivity contribution in [2.45, 2.75) is 6.92 Å². The van der Waals surface area contributed by atoms with Gasteiger partial charge in [-0.1, -0.05) is 6.08 Å². The van der Waals surface area contributed by atoms with E-state index >= 15 is 0 Å². The lowest BCUT2D eigenvalue weighted by molar-refractivity contribution is -0.386. The summed E-state index contributed by atoms with van der Waals surface area (Å²) in [6.45, 7) is 5.99. The number of thiocarbonyl (C=S) groups is 1. The van der Waals surface area contributed by atoms with E-state index < -0.39 is 16.4 Å². The number of ether oxygens (including phenoxy) is 1. The molecule has 8 nitrogen and oxygen atoms in total. The van der Waals surface area contributed by atoms with Crippen LogP contribution in [0.15, 0.2) is 29.9 Å². The SMILES string of the molecule is C=CCNC(=S)N/N=C/c1cc(OCC)c(O)c([N+](=O)[O-])c1. The molecule has 0 saturated heterocycles. The number of aromatic hydroxyl groups is 1. The zero-order valence-electron chi connectivity index (χ0n) is 11.9. The van der Waals surface area contributed by atoms with E-state index in [4.69, 9.17) is 17.0 Å². The number of benzene rings is 1. The van der Waals surface area contributed by atoms with E-state index in [2.05, 4.69) is 22.4 Å². The van der Waals surface area contributed by atoms with E-state index in [1.165, 1.54) is 18.3 Å². The number of hydrogen-bond donors (Lipinski definition) is 3. The minimum atomic E-state index is -0.696. The molecule has 0 aliphatic rings. The normalized spacial score (nSPS) is 10.2. The van der Waals surface area contributed by atoms with Crippen LogP contribution in [0.25, 0.3) is 0 Å². The third-order valence-electron chi connectivity index (χ3n) is 2.36. The number of rotatable bonds is 7. The summed E-state index contributed by atoms with van der Waals surface area (Å²) < 4.78 is 5.16. The van der Waals surface area contributed by atoms with Crippen LogP contribution in [0.5, 0.6) is 11.5 Å². The highest BCUT2D eigenvalue weighted by Gasteiger charge is 2.19. The maximum absolute atomic E-state index is 10.9. The highest BCUT2D eigenvalue weighted by molar-refractivity contribution is 7.80. The Bertz CT molecular complexity index is 604. The maximum atomic E-state index is 10.9. The van der Waals surface area contributed by atoms with Crippen LogP contribution in [0.4, 0.5) is 5.69 Å². The van der Waals surface area contributed by atoms with Gasteiger partial charge in [0.05, 0.1) is 17.7 Å². The Morgan fingerprint density at radius 2 is 2.36 bits per heavy atom. The van der Waals surface area contributed by atoms with E-state index in [0.717, 1.165) is 0 Å². The van der Waals surface area contributed by atoms with Gasteiger partial charge in [-0.15, -0.1) is 6.58 Å². The molecule has 22 heavy (non-hydrogen) atoms. The molecule has 1 rings (SSSR count). The highest BCUT2D eigenvalue weighted by atomic mass is 32.1. The van der Waals surface area contributed by atoms with Gasteiger partial charge in [0, 0.05) is 18.2 Å². The summed E-state index contributed by atoms with van der Waals surface area (Å²) in [6.07, 6.45) is 2.96. The average molecular weight is 324 g/mol. The lowest BCUT2D eigenvalue weighted by atomic mass is 10.2. The molecular formula is C13H16N4O4S. The molecule has 0 heterocycles. The van der Waals surface area contributed by atoms with Crippen molar-refractivity contribution in [2.24, 2.45) is 5.10 Å². The zero-order chi connectivity index (χ0) is 16.5. The topological polar surface area (TPSA) is 109 Å². The van der Waals surface area contributed by atoms with Crippen LogP contribution in [-0.2, 0) is 0 Å². The molecule has 9 heteroatoms. The minimum Gasteiger partial charge on any atom is -0.500 e. The average Bonchev–Trinajstić information content (AvgIpc) is 2.48. The first-order valence-corrected chi connectivity index (χ1v) is 6.72. The van der Waals surface area contributed by atoms with Crippen molar-refractivity contribution >= 4 is 29.2 Å². The Balaban J connectivity index is 2.92. The second-order valence-electron chi connectivity index (χ2n) is 3.95. The summed E-state index contributed by atoms with van der Waals surface area (Å²) in [7, 11) is 0. The Hall–Kier alpha value is -2.68. The van der Waals surface area contributed by atoms with Crippen molar-refractivity contribution in [1.29, 1.82) is 0 Å². The second kappa shape index (κ2) is 8.57. The first-order valence-electron chi connectivity index (χ1n) is 6.31. The van der Waals surface area contributed by atoms with Gasteiger partial charge in [-0.05, 0) is 25.2 Å². The number of nitrogens with zero attached hydrogens (tertiary/aromatic N) is 2. The fourth-order valence-electron chi connectivity index (χ4n) is 1.46. The fraction of sp³-hybridized carbons (Fsp3) is 0.231. The van der Waals surface area contributed by atoms with Crippen molar-refractivity contribution in [2.75, 3.05) is 13.2 Å². The molecular weight excluding hydrogens is 308 g/mol. The maximum Gasteiger partial charge on any atom is 0.315 e. The lowest BCUT2D eigenvalue weighted by Crippen LogP contribution is -2.31. The molecule has 0 unspecified atom stereocenters. The van der Waals surface area contributed by atoms with Crippen LogP contribution in [0.3, 0.4) is 0 Å². The van der Waals surface area contributed by atoms with Crippen LogP contribution in [-0.4, -0.2) is 34.5 Å². The number of hydrogen-bond acceptors (Lipinski definition) is 6. The van der Waals surface area contributed by atoms with Gasteiger partial charge in [0.15, 0.2) is 10.9 Å². The summed E-state index contributed by atoms with van der Waals surface area (Å²) in [5, 5.41) is 27.6. The van der Waals surface area contributed by atoms with Gasteiger partial charge in [0.1, 0.15) is 0 Å². The van der Waals surface area contributed by atoms with Crippen molar-refractivity contribution in [3.63, 3.8) is 0 Å². The predicted octanol–water partition coefficient (Wildman–Crippen LogP) is 1.68. The molecule has 0 aliphatic heterocycles. The molecule has 0 aliphatic carbocycles. The van der Waals surface area contributed by atoms with Crippen molar-refractivity contribution in [1.82, 2.24) is 10.7 Å². The molecule has 1 aromatic rings.